The van der Waals surface area contributed by atoms with Gasteiger partial charge in [0.1, 0.15) is 5.75 Å². The van der Waals surface area contributed by atoms with Gasteiger partial charge in [-0.3, -0.25) is 4.79 Å². The quantitative estimate of drug-likeness (QED) is 0.761. The van der Waals surface area contributed by atoms with Crippen LogP contribution in [0.1, 0.15) is 27.7 Å². The molecular weight excluding hydrogens is 306 g/mol. The van der Waals surface area contributed by atoms with Crippen LogP contribution in [0.3, 0.4) is 0 Å². The molecule has 1 aromatic carbocycles. The van der Waals surface area contributed by atoms with Gasteiger partial charge in [0.05, 0.1) is 5.69 Å². The third-order valence-corrected chi connectivity index (χ3v) is 9.34. The van der Waals surface area contributed by atoms with Crippen molar-refractivity contribution in [2.75, 3.05) is 24.7 Å². The Hall–Kier alpha value is -1.33. The highest BCUT2D eigenvalue weighted by atomic mass is 28.4. The van der Waals surface area contributed by atoms with E-state index >= 15 is 0 Å². The van der Waals surface area contributed by atoms with Gasteiger partial charge in [0.25, 0.3) is 5.91 Å². The molecule has 0 saturated heterocycles. The first kappa shape index (κ1) is 18.0. The van der Waals surface area contributed by atoms with Crippen LogP contribution in [0.2, 0.25) is 18.1 Å². The van der Waals surface area contributed by atoms with Crippen LogP contribution in [0, 0.1) is 5.92 Å². The maximum absolute atomic E-state index is 12.2. The number of carbonyl (C=O) groups is 1. The zero-order chi connectivity index (χ0) is 17.3. The molecule has 0 bridgehead atoms. The fourth-order valence-corrected chi connectivity index (χ4v) is 3.42. The summed E-state index contributed by atoms with van der Waals surface area (Å²) in [4.78, 5) is 14.1. The Morgan fingerprint density at radius 1 is 1.30 bits per heavy atom. The van der Waals surface area contributed by atoms with E-state index in [1.165, 1.54) is 0 Å². The molecule has 0 spiro atoms. The first-order valence-corrected chi connectivity index (χ1v) is 11.2. The number of ether oxygens (including phenoxy) is 1. The van der Waals surface area contributed by atoms with Gasteiger partial charge >= 0.3 is 0 Å². The second-order valence-electron chi connectivity index (χ2n) is 7.94. The van der Waals surface area contributed by atoms with E-state index in [4.69, 9.17) is 9.16 Å². The van der Waals surface area contributed by atoms with E-state index in [0.717, 1.165) is 11.4 Å². The normalized spacial score (nSPS) is 16.8. The lowest BCUT2D eigenvalue weighted by atomic mass is 10.1. The summed E-state index contributed by atoms with van der Waals surface area (Å²) in [7, 11) is -1.75. The molecule has 1 aliphatic rings. The number of benzene rings is 1. The number of amides is 1. The Morgan fingerprint density at radius 3 is 2.61 bits per heavy atom. The summed E-state index contributed by atoms with van der Waals surface area (Å²) in [5.74, 6) is 1.08. The van der Waals surface area contributed by atoms with E-state index in [2.05, 4.69) is 40.8 Å². The lowest BCUT2D eigenvalue weighted by Crippen LogP contribution is -2.45. The molecule has 128 valence electrons. The van der Waals surface area contributed by atoms with Crippen LogP contribution in [0.5, 0.6) is 5.75 Å². The van der Waals surface area contributed by atoms with Gasteiger partial charge in [-0.15, -0.1) is 0 Å². The van der Waals surface area contributed by atoms with Gasteiger partial charge in [-0.05, 0) is 36.2 Å². The van der Waals surface area contributed by atoms with Crippen molar-refractivity contribution in [2.24, 2.45) is 5.92 Å². The molecule has 1 aliphatic heterocycles. The zero-order valence-electron chi connectivity index (χ0n) is 15.2. The smallest absolute Gasteiger partial charge is 0.265 e. The van der Waals surface area contributed by atoms with Gasteiger partial charge in [0.15, 0.2) is 14.9 Å². The summed E-state index contributed by atoms with van der Waals surface area (Å²) < 4.78 is 11.8. The van der Waals surface area contributed by atoms with Crippen molar-refractivity contribution in [1.82, 2.24) is 0 Å². The molecule has 5 heteroatoms. The highest BCUT2D eigenvalue weighted by molar-refractivity contribution is 6.74. The van der Waals surface area contributed by atoms with Crippen molar-refractivity contribution in [3.63, 3.8) is 0 Å². The number of fused-ring (bicyclic) bond motifs is 1. The van der Waals surface area contributed by atoms with Crippen molar-refractivity contribution in [3.8, 4) is 5.75 Å². The Bertz CT molecular complexity index is 566. The lowest BCUT2D eigenvalue weighted by molar-refractivity contribution is -0.121. The number of nitrogens with zero attached hydrogens (tertiary/aromatic N) is 1. The summed E-state index contributed by atoms with van der Waals surface area (Å²) in [5.41, 5.74) is 0.864. The first-order valence-electron chi connectivity index (χ1n) is 8.28. The van der Waals surface area contributed by atoms with E-state index in [0.29, 0.717) is 13.2 Å². The van der Waals surface area contributed by atoms with E-state index in [1.807, 2.05) is 29.2 Å². The largest absolute Gasteiger partial charge is 0.482 e. The minimum atomic E-state index is -1.75. The maximum atomic E-state index is 12.2. The molecule has 0 aliphatic carbocycles. The predicted octanol–water partition coefficient (Wildman–Crippen LogP) is 4.07. The lowest BCUT2D eigenvalue weighted by Gasteiger charge is -2.38. The molecule has 1 heterocycles. The number of rotatable bonds is 5. The van der Waals surface area contributed by atoms with Crippen LogP contribution < -0.4 is 9.64 Å². The number of carbonyl (C=O) groups excluding carboxylic acids is 1. The number of para-hydroxylation sites is 2. The van der Waals surface area contributed by atoms with Crippen LogP contribution in [-0.2, 0) is 9.22 Å². The maximum Gasteiger partial charge on any atom is 0.265 e. The van der Waals surface area contributed by atoms with Gasteiger partial charge < -0.3 is 14.1 Å². The van der Waals surface area contributed by atoms with E-state index in [9.17, 15) is 4.79 Å². The third-order valence-electron chi connectivity index (χ3n) is 4.84. The standard InChI is InChI=1S/C18H29NO3Si/c1-14(12-22-23(5,6)18(2,3)4)11-19-15-9-7-8-10-16(15)21-13-17(19)20/h7-10,14H,11-13H2,1-6H3. The molecule has 0 fully saturated rings. The second kappa shape index (κ2) is 6.65. The van der Waals surface area contributed by atoms with Crippen LogP contribution >= 0.6 is 0 Å². The Kier molecular flexibility index (Phi) is 5.21. The molecule has 1 atom stereocenters. The zero-order valence-corrected chi connectivity index (χ0v) is 16.2. The monoisotopic (exact) mass is 335 g/mol. The summed E-state index contributed by atoms with van der Waals surface area (Å²) in [6, 6.07) is 7.71. The van der Waals surface area contributed by atoms with Gasteiger partial charge in [0.2, 0.25) is 0 Å². The van der Waals surface area contributed by atoms with Crippen molar-refractivity contribution in [2.45, 2.75) is 45.8 Å². The van der Waals surface area contributed by atoms with Crippen LogP contribution in [-0.4, -0.2) is 34.0 Å². The second-order valence-corrected chi connectivity index (χ2v) is 12.7. The SMILES string of the molecule is CC(CO[Si](C)(C)C(C)(C)C)CN1C(=O)COc2ccccc21. The Labute approximate surface area is 140 Å². The van der Waals surface area contributed by atoms with Crippen LogP contribution in [0.4, 0.5) is 5.69 Å². The van der Waals surface area contributed by atoms with Gasteiger partial charge in [-0.25, -0.2) is 0 Å². The molecule has 1 unspecified atom stereocenters. The van der Waals surface area contributed by atoms with Gasteiger partial charge in [-0.1, -0.05) is 39.8 Å². The van der Waals surface area contributed by atoms with Crippen molar-refractivity contribution < 1.29 is 14.0 Å². The number of hydrogen-bond acceptors (Lipinski definition) is 3. The summed E-state index contributed by atoms with van der Waals surface area (Å²) in [6.07, 6.45) is 0. The molecule has 1 aromatic rings. The minimum Gasteiger partial charge on any atom is -0.482 e. The predicted molar refractivity (Wildman–Crippen MR) is 96.6 cm³/mol. The molecule has 0 aromatic heterocycles. The number of anilines is 1. The average Bonchev–Trinajstić information content (AvgIpc) is 2.47. The Morgan fingerprint density at radius 2 is 1.96 bits per heavy atom. The average molecular weight is 336 g/mol. The van der Waals surface area contributed by atoms with Crippen LogP contribution in [0.25, 0.3) is 0 Å². The molecule has 2 rings (SSSR count). The fraction of sp³-hybridized carbons (Fsp3) is 0.611. The molecular formula is C18H29NO3Si. The first-order chi connectivity index (χ1) is 10.6. The highest BCUT2D eigenvalue weighted by Crippen LogP contribution is 2.37. The highest BCUT2D eigenvalue weighted by Gasteiger charge is 2.37. The topological polar surface area (TPSA) is 38.8 Å². The molecule has 0 radical (unpaired) electrons. The van der Waals surface area contributed by atoms with Crippen molar-refractivity contribution in [1.29, 1.82) is 0 Å². The Balaban J connectivity index is 2.01. The van der Waals surface area contributed by atoms with Crippen LogP contribution in [0.15, 0.2) is 24.3 Å². The molecule has 23 heavy (non-hydrogen) atoms. The van der Waals surface area contributed by atoms with Gasteiger partial charge in [-0.2, -0.15) is 0 Å². The molecule has 1 amide bonds. The van der Waals surface area contributed by atoms with Gasteiger partial charge in [0, 0.05) is 13.2 Å². The molecule has 4 nitrogen and oxygen atoms in total. The summed E-state index contributed by atoms with van der Waals surface area (Å²) >= 11 is 0. The van der Waals surface area contributed by atoms with E-state index in [-0.39, 0.29) is 23.5 Å². The van der Waals surface area contributed by atoms with Crippen molar-refractivity contribution in [3.05, 3.63) is 24.3 Å². The van der Waals surface area contributed by atoms with E-state index in [1.54, 1.807) is 0 Å². The summed E-state index contributed by atoms with van der Waals surface area (Å²) in [5, 5.41) is 0.202. The number of hydrogen-bond donors (Lipinski definition) is 0. The molecule has 0 saturated carbocycles. The van der Waals surface area contributed by atoms with E-state index < -0.39 is 8.32 Å². The fourth-order valence-electron chi connectivity index (χ4n) is 2.29. The third kappa shape index (κ3) is 4.15. The summed E-state index contributed by atoms with van der Waals surface area (Å²) in [6.45, 7) is 14.8. The van der Waals surface area contributed by atoms with Crippen molar-refractivity contribution >= 4 is 19.9 Å². The molecule has 0 N–H and O–H groups in total. The minimum absolute atomic E-state index is 0.0166.